The molecule has 1 fully saturated rings. The summed E-state index contributed by atoms with van der Waals surface area (Å²) in [4.78, 5) is 26.7. The van der Waals surface area contributed by atoms with E-state index in [1.807, 2.05) is 26.0 Å². The molecule has 30 heavy (non-hydrogen) atoms. The van der Waals surface area contributed by atoms with Crippen LogP contribution in [0.25, 0.3) is 0 Å². The number of hydrogen-bond acceptors (Lipinski definition) is 5. The smallest absolute Gasteiger partial charge is 0.250 e. The molecule has 2 aliphatic rings. The van der Waals surface area contributed by atoms with Gasteiger partial charge in [0.05, 0.1) is 19.1 Å². The maximum absolute atomic E-state index is 13.4. The number of amides is 2. The number of carbonyl (C=O) groups excluding carboxylic acids is 2. The van der Waals surface area contributed by atoms with Gasteiger partial charge in [-0.2, -0.15) is 0 Å². The molecule has 158 valence electrons. The minimum absolute atomic E-state index is 0.260. The van der Waals surface area contributed by atoms with Crippen LogP contribution in [-0.2, 0) is 15.1 Å². The van der Waals surface area contributed by atoms with E-state index in [1.54, 1.807) is 38.3 Å². The van der Waals surface area contributed by atoms with Gasteiger partial charge in [0, 0.05) is 23.0 Å². The van der Waals surface area contributed by atoms with Gasteiger partial charge in [0.2, 0.25) is 11.8 Å². The maximum atomic E-state index is 13.4. The summed E-state index contributed by atoms with van der Waals surface area (Å²) in [7, 11) is 1.58. The van der Waals surface area contributed by atoms with Crippen LogP contribution in [0, 0.1) is 19.8 Å². The van der Waals surface area contributed by atoms with Crippen molar-refractivity contribution in [1.29, 1.82) is 0 Å². The van der Waals surface area contributed by atoms with E-state index in [-0.39, 0.29) is 17.9 Å². The Kier molecular flexibility index (Phi) is 5.03. The van der Waals surface area contributed by atoms with Crippen molar-refractivity contribution in [3.05, 3.63) is 53.1 Å². The molecule has 0 saturated carbocycles. The second-order valence-electron chi connectivity index (χ2n) is 8.26. The molecule has 0 aromatic heterocycles. The standard InChI is InChI=1S/C23H27N3O4/c1-12-9-13(2)20-17(10-12)23(22(29)25-20)18(11-19(26-23)14(3)27)21(28)24-15-5-7-16(30-4)8-6-15/h5-10,14,18-19,26-27H,11H2,1-4H3,(H,24,28)(H,25,29)/t14-,18+,19+,23-/m0/s1. The highest BCUT2D eigenvalue weighted by Crippen LogP contribution is 2.49. The van der Waals surface area contributed by atoms with Gasteiger partial charge in [-0.1, -0.05) is 17.7 Å². The zero-order valence-electron chi connectivity index (χ0n) is 17.6. The summed E-state index contributed by atoms with van der Waals surface area (Å²) < 4.78 is 5.16. The van der Waals surface area contributed by atoms with Crippen molar-refractivity contribution in [3.63, 3.8) is 0 Å². The third-order valence-electron chi connectivity index (χ3n) is 6.18. The monoisotopic (exact) mass is 409 g/mol. The number of aliphatic hydroxyl groups is 1. The zero-order valence-corrected chi connectivity index (χ0v) is 17.6. The molecule has 7 nitrogen and oxygen atoms in total. The molecule has 0 bridgehead atoms. The lowest BCUT2D eigenvalue weighted by Crippen LogP contribution is -2.53. The van der Waals surface area contributed by atoms with Crippen LogP contribution in [0.1, 0.15) is 30.0 Å². The van der Waals surface area contributed by atoms with E-state index in [2.05, 4.69) is 16.0 Å². The van der Waals surface area contributed by atoms with Crippen LogP contribution in [0.4, 0.5) is 11.4 Å². The Bertz CT molecular complexity index is 1000. The predicted octanol–water partition coefficient (Wildman–Crippen LogP) is 2.46. The number of rotatable bonds is 4. The molecule has 2 amide bonds. The van der Waals surface area contributed by atoms with Gasteiger partial charge in [-0.05, 0) is 57.0 Å². The number of benzene rings is 2. The minimum atomic E-state index is -1.22. The summed E-state index contributed by atoms with van der Waals surface area (Å²) in [6.45, 7) is 5.58. The number of nitrogens with one attached hydrogen (secondary N) is 3. The molecule has 2 aliphatic heterocycles. The number of methoxy groups -OCH3 is 1. The van der Waals surface area contributed by atoms with Crippen molar-refractivity contribution in [1.82, 2.24) is 5.32 Å². The Morgan fingerprint density at radius 1 is 1.27 bits per heavy atom. The topological polar surface area (TPSA) is 99.7 Å². The summed E-state index contributed by atoms with van der Waals surface area (Å²) in [6.07, 6.45) is -0.358. The highest BCUT2D eigenvalue weighted by Gasteiger charge is 2.61. The zero-order chi connectivity index (χ0) is 21.6. The summed E-state index contributed by atoms with van der Waals surface area (Å²) in [6, 6.07) is 10.6. The molecule has 0 aliphatic carbocycles. The molecule has 2 aromatic carbocycles. The highest BCUT2D eigenvalue weighted by molar-refractivity contribution is 6.11. The van der Waals surface area contributed by atoms with Crippen LogP contribution in [0.3, 0.4) is 0 Å². The molecule has 0 radical (unpaired) electrons. The van der Waals surface area contributed by atoms with Gasteiger partial charge in [-0.3, -0.25) is 14.9 Å². The number of anilines is 2. The quantitative estimate of drug-likeness (QED) is 0.622. The number of ether oxygens (including phenoxy) is 1. The number of hydrogen-bond donors (Lipinski definition) is 4. The van der Waals surface area contributed by atoms with E-state index >= 15 is 0 Å². The Balaban J connectivity index is 1.74. The van der Waals surface area contributed by atoms with Crippen molar-refractivity contribution in [3.8, 4) is 5.75 Å². The van der Waals surface area contributed by atoms with Crippen molar-refractivity contribution >= 4 is 23.2 Å². The van der Waals surface area contributed by atoms with E-state index in [9.17, 15) is 14.7 Å². The Labute approximate surface area is 175 Å². The van der Waals surface area contributed by atoms with Crippen LogP contribution in [0.5, 0.6) is 5.75 Å². The van der Waals surface area contributed by atoms with Crippen LogP contribution >= 0.6 is 0 Å². The molecule has 4 N–H and O–H groups in total. The second kappa shape index (κ2) is 7.41. The normalized spacial score (nSPS) is 25.7. The van der Waals surface area contributed by atoms with Crippen molar-refractivity contribution in [2.75, 3.05) is 17.7 Å². The van der Waals surface area contributed by atoms with E-state index in [1.165, 1.54) is 0 Å². The summed E-state index contributed by atoms with van der Waals surface area (Å²) in [5.74, 6) is -0.514. The molecule has 4 atom stereocenters. The van der Waals surface area contributed by atoms with E-state index in [0.717, 1.165) is 22.4 Å². The summed E-state index contributed by atoms with van der Waals surface area (Å²) in [5, 5.41) is 19.5. The SMILES string of the molecule is COc1ccc(NC(=O)[C@H]2C[C@H]([C@H](C)O)N[C@]23C(=O)Nc2c(C)cc(C)cc23)cc1. The van der Waals surface area contributed by atoms with Crippen LogP contribution in [0.2, 0.25) is 0 Å². The Morgan fingerprint density at radius 3 is 2.60 bits per heavy atom. The third kappa shape index (κ3) is 3.14. The first kappa shape index (κ1) is 20.4. The van der Waals surface area contributed by atoms with Gasteiger partial charge in [0.25, 0.3) is 0 Å². The van der Waals surface area contributed by atoms with E-state index in [4.69, 9.17) is 4.74 Å². The van der Waals surface area contributed by atoms with Gasteiger partial charge in [-0.15, -0.1) is 0 Å². The first-order chi connectivity index (χ1) is 14.3. The molecular formula is C23H27N3O4. The number of fused-ring (bicyclic) bond motifs is 2. The van der Waals surface area contributed by atoms with Gasteiger partial charge < -0.3 is 20.5 Å². The van der Waals surface area contributed by atoms with Crippen molar-refractivity contribution in [2.24, 2.45) is 5.92 Å². The fourth-order valence-electron chi connectivity index (χ4n) is 4.68. The second-order valence-corrected chi connectivity index (χ2v) is 8.26. The number of carbonyl (C=O) groups is 2. The van der Waals surface area contributed by atoms with Gasteiger partial charge in [-0.25, -0.2) is 0 Å². The first-order valence-electron chi connectivity index (χ1n) is 10.1. The Morgan fingerprint density at radius 2 is 1.97 bits per heavy atom. The lowest BCUT2D eigenvalue weighted by atomic mass is 9.78. The lowest BCUT2D eigenvalue weighted by Gasteiger charge is -2.30. The fourth-order valence-corrected chi connectivity index (χ4v) is 4.68. The van der Waals surface area contributed by atoms with Crippen LogP contribution in [-0.4, -0.2) is 36.2 Å². The summed E-state index contributed by atoms with van der Waals surface area (Å²) in [5.41, 5.74) is 2.88. The largest absolute Gasteiger partial charge is 0.497 e. The average Bonchev–Trinajstić information content (AvgIpc) is 3.24. The third-order valence-corrected chi connectivity index (χ3v) is 6.18. The van der Waals surface area contributed by atoms with Gasteiger partial charge in [0.1, 0.15) is 11.3 Å². The van der Waals surface area contributed by atoms with Crippen LogP contribution in [0.15, 0.2) is 36.4 Å². The molecular weight excluding hydrogens is 382 g/mol. The molecule has 0 unspecified atom stereocenters. The van der Waals surface area contributed by atoms with Gasteiger partial charge >= 0.3 is 0 Å². The minimum Gasteiger partial charge on any atom is -0.497 e. The maximum Gasteiger partial charge on any atom is 0.250 e. The number of aryl methyl sites for hydroxylation is 2. The van der Waals surface area contributed by atoms with Crippen molar-refractivity contribution in [2.45, 2.75) is 44.9 Å². The lowest BCUT2D eigenvalue weighted by molar-refractivity contribution is -0.130. The van der Waals surface area contributed by atoms with E-state index < -0.39 is 17.6 Å². The molecule has 2 heterocycles. The number of aliphatic hydroxyl groups excluding tert-OH is 1. The molecule has 1 spiro atoms. The fraction of sp³-hybridized carbons (Fsp3) is 0.391. The van der Waals surface area contributed by atoms with Gasteiger partial charge in [0.15, 0.2) is 0 Å². The summed E-state index contributed by atoms with van der Waals surface area (Å²) >= 11 is 0. The molecule has 1 saturated heterocycles. The molecule has 4 rings (SSSR count). The highest BCUT2D eigenvalue weighted by atomic mass is 16.5. The van der Waals surface area contributed by atoms with E-state index in [0.29, 0.717) is 17.9 Å². The molecule has 7 heteroatoms. The Hall–Kier alpha value is -2.90. The van der Waals surface area contributed by atoms with Crippen molar-refractivity contribution < 1.29 is 19.4 Å². The average molecular weight is 409 g/mol. The van der Waals surface area contributed by atoms with Crippen LogP contribution < -0.4 is 20.7 Å². The predicted molar refractivity (Wildman–Crippen MR) is 115 cm³/mol. The first-order valence-corrected chi connectivity index (χ1v) is 10.1. The molecule has 2 aromatic rings.